The molecule has 30 heavy (non-hydrogen) atoms. The number of carbonyl (C=O) groups excluding carboxylic acids is 2. The van der Waals surface area contributed by atoms with E-state index in [0.29, 0.717) is 22.8 Å². The second-order valence-corrected chi connectivity index (χ2v) is 11.2. The lowest BCUT2D eigenvalue weighted by atomic mass is 9.92. The molecule has 2 aromatic rings. The Kier molecular flexibility index (Phi) is 5.32. The quantitative estimate of drug-likeness (QED) is 0.710. The van der Waals surface area contributed by atoms with Gasteiger partial charge in [0.05, 0.1) is 28.0 Å². The van der Waals surface area contributed by atoms with Crippen LogP contribution in [-0.2, 0) is 14.6 Å². The normalized spacial score (nSPS) is 23.6. The minimum absolute atomic E-state index is 0.00454. The number of amides is 1. The summed E-state index contributed by atoms with van der Waals surface area (Å²) in [5.74, 6) is -1.53. The first-order valence-corrected chi connectivity index (χ1v) is 12.5. The fourth-order valence-electron chi connectivity index (χ4n) is 4.16. The molecule has 0 aliphatic carbocycles. The zero-order valence-corrected chi connectivity index (χ0v) is 18.4. The molecule has 4 rings (SSSR count). The van der Waals surface area contributed by atoms with Crippen molar-refractivity contribution < 1.29 is 23.1 Å². The van der Waals surface area contributed by atoms with Gasteiger partial charge in [0.25, 0.3) is 5.91 Å². The number of carbonyl (C=O) groups is 2. The smallest absolute Gasteiger partial charge is 0.290 e. The van der Waals surface area contributed by atoms with Crippen LogP contribution >= 0.6 is 11.3 Å². The van der Waals surface area contributed by atoms with E-state index in [2.05, 4.69) is 13.8 Å². The molecule has 1 fully saturated rings. The lowest BCUT2D eigenvalue weighted by Crippen LogP contribution is -2.41. The van der Waals surface area contributed by atoms with Crippen molar-refractivity contribution in [2.45, 2.75) is 38.3 Å². The van der Waals surface area contributed by atoms with Gasteiger partial charge >= 0.3 is 0 Å². The number of benzene rings is 1. The Morgan fingerprint density at radius 1 is 1.20 bits per heavy atom. The van der Waals surface area contributed by atoms with Crippen molar-refractivity contribution in [3.63, 3.8) is 0 Å². The van der Waals surface area contributed by atoms with Gasteiger partial charge in [0.15, 0.2) is 15.6 Å². The standard InChI is InChI=1S/C22H23NO5S2/c1-13(2)14-5-7-15(8-6-14)19-18(20(24)17-4-3-10-29-17)21(25)22(26)23(19)16-9-11-30(27,28)12-16/h3-8,10,13,16,19,25H,9,11-12H2,1-2H3. The molecule has 1 N–H and O–H groups in total. The number of nitrogens with zero attached hydrogens (tertiary/aromatic N) is 1. The Morgan fingerprint density at radius 2 is 1.90 bits per heavy atom. The number of aliphatic hydroxyl groups excluding tert-OH is 1. The molecule has 2 aliphatic rings. The summed E-state index contributed by atoms with van der Waals surface area (Å²) in [6.45, 7) is 4.14. The van der Waals surface area contributed by atoms with E-state index in [1.807, 2.05) is 24.3 Å². The molecular weight excluding hydrogens is 422 g/mol. The predicted octanol–water partition coefficient (Wildman–Crippen LogP) is 3.64. The van der Waals surface area contributed by atoms with Crippen molar-refractivity contribution in [1.29, 1.82) is 0 Å². The number of thiophene rings is 1. The van der Waals surface area contributed by atoms with Crippen molar-refractivity contribution >= 4 is 32.9 Å². The lowest BCUT2D eigenvalue weighted by molar-refractivity contribution is -0.131. The molecule has 6 nitrogen and oxygen atoms in total. The molecule has 2 atom stereocenters. The summed E-state index contributed by atoms with van der Waals surface area (Å²) in [5.41, 5.74) is 1.81. The molecule has 0 bridgehead atoms. The first kappa shape index (κ1) is 20.8. The van der Waals surface area contributed by atoms with Gasteiger partial charge in [0.1, 0.15) is 0 Å². The number of hydrogen-bond donors (Lipinski definition) is 1. The van der Waals surface area contributed by atoms with Crippen LogP contribution in [0.5, 0.6) is 0 Å². The van der Waals surface area contributed by atoms with E-state index in [1.54, 1.807) is 17.5 Å². The van der Waals surface area contributed by atoms with E-state index in [0.717, 1.165) is 5.56 Å². The van der Waals surface area contributed by atoms with Crippen molar-refractivity contribution in [2.24, 2.45) is 0 Å². The first-order valence-electron chi connectivity index (χ1n) is 9.84. The molecule has 1 aromatic carbocycles. The van der Waals surface area contributed by atoms with E-state index in [9.17, 15) is 23.1 Å². The van der Waals surface area contributed by atoms with Gasteiger partial charge in [0.2, 0.25) is 5.78 Å². The number of ketones is 1. The van der Waals surface area contributed by atoms with Crippen molar-refractivity contribution in [1.82, 2.24) is 4.90 Å². The van der Waals surface area contributed by atoms with Crippen LogP contribution in [-0.4, -0.2) is 47.7 Å². The average molecular weight is 446 g/mol. The third-order valence-electron chi connectivity index (χ3n) is 5.75. The summed E-state index contributed by atoms with van der Waals surface area (Å²) in [6, 6.07) is 9.58. The molecule has 158 valence electrons. The molecule has 8 heteroatoms. The summed E-state index contributed by atoms with van der Waals surface area (Å²) in [6.07, 6.45) is 0.294. The van der Waals surface area contributed by atoms with Crippen LogP contribution in [0.2, 0.25) is 0 Å². The second kappa shape index (κ2) is 7.67. The zero-order chi connectivity index (χ0) is 21.6. The lowest BCUT2D eigenvalue weighted by Gasteiger charge is -2.31. The van der Waals surface area contributed by atoms with Crippen LogP contribution in [0.1, 0.15) is 53.0 Å². The average Bonchev–Trinajstić information content (AvgIpc) is 3.41. The fraction of sp³-hybridized carbons (Fsp3) is 0.364. The Hall–Kier alpha value is -2.45. The molecule has 1 amide bonds. The molecule has 0 saturated carbocycles. The minimum atomic E-state index is -3.26. The molecule has 0 radical (unpaired) electrons. The van der Waals surface area contributed by atoms with Gasteiger partial charge in [-0.1, -0.05) is 44.2 Å². The molecule has 1 aromatic heterocycles. The summed E-state index contributed by atoms with van der Waals surface area (Å²) in [4.78, 5) is 28.0. The molecular formula is C22H23NO5S2. The number of Topliss-reactive ketones (excluding diaryl/α,β-unsaturated/α-hetero) is 1. The topological polar surface area (TPSA) is 91.8 Å². The van der Waals surface area contributed by atoms with E-state index in [-0.39, 0.29) is 17.1 Å². The summed E-state index contributed by atoms with van der Waals surface area (Å²) >= 11 is 1.24. The van der Waals surface area contributed by atoms with Crippen LogP contribution in [0, 0.1) is 0 Å². The van der Waals surface area contributed by atoms with Gasteiger partial charge in [-0.25, -0.2) is 8.42 Å². The highest BCUT2D eigenvalue weighted by Crippen LogP contribution is 2.42. The Bertz CT molecular complexity index is 1110. The fourth-order valence-corrected chi connectivity index (χ4v) is 6.55. The number of sulfone groups is 1. The monoisotopic (exact) mass is 445 g/mol. The van der Waals surface area contributed by atoms with E-state index >= 15 is 0 Å². The first-order chi connectivity index (χ1) is 14.2. The van der Waals surface area contributed by atoms with Crippen LogP contribution < -0.4 is 0 Å². The third-order valence-corrected chi connectivity index (χ3v) is 8.37. The van der Waals surface area contributed by atoms with E-state index in [1.165, 1.54) is 16.2 Å². The number of hydrogen-bond acceptors (Lipinski definition) is 6. The molecule has 1 saturated heterocycles. The van der Waals surface area contributed by atoms with E-state index in [4.69, 9.17) is 0 Å². The summed E-state index contributed by atoms with van der Waals surface area (Å²) in [5, 5.41) is 12.4. The second-order valence-electron chi connectivity index (χ2n) is 8.06. The molecule has 0 spiro atoms. The third kappa shape index (κ3) is 3.58. The SMILES string of the molecule is CC(C)c1ccc(C2C(C(=O)c3cccs3)=C(O)C(=O)N2C2CCS(=O)(=O)C2)cc1. The van der Waals surface area contributed by atoms with Gasteiger partial charge in [-0.15, -0.1) is 11.3 Å². The highest BCUT2D eigenvalue weighted by molar-refractivity contribution is 7.91. The van der Waals surface area contributed by atoms with Crippen molar-refractivity contribution in [3.05, 3.63) is 69.1 Å². The van der Waals surface area contributed by atoms with Gasteiger partial charge in [-0.2, -0.15) is 0 Å². The Labute approximate surface area is 179 Å². The van der Waals surface area contributed by atoms with Crippen LogP contribution in [0.4, 0.5) is 0 Å². The largest absolute Gasteiger partial charge is 0.503 e. The van der Waals surface area contributed by atoms with E-state index < -0.39 is 39.4 Å². The number of aliphatic hydroxyl groups is 1. The highest BCUT2D eigenvalue weighted by atomic mass is 32.2. The Balaban J connectivity index is 1.81. The van der Waals surface area contributed by atoms with Crippen molar-refractivity contribution in [2.75, 3.05) is 11.5 Å². The predicted molar refractivity (Wildman–Crippen MR) is 115 cm³/mol. The minimum Gasteiger partial charge on any atom is -0.503 e. The number of rotatable bonds is 5. The molecule has 3 heterocycles. The summed E-state index contributed by atoms with van der Waals surface area (Å²) < 4.78 is 24.1. The maximum atomic E-state index is 13.2. The summed E-state index contributed by atoms with van der Waals surface area (Å²) in [7, 11) is -3.26. The van der Waals surface area contributed by atoms with Gasteiger partial charge in [-0.05, 0) is 34.9 Å². The Morgan fingerprint density at radius 3 is 2.43 bits per heavy atom. The van der Waals surface area contributed by atoms with Gasteiger partial charge in [0, 0.05) is 6.04 Å². The molecule has 2 aliphatic heterocycles. The van der Waals surface area contributed by atoms with Crippen LogP contribution in [0.25, 0.3) is 0 Å². The van der Waals surface area contributed by atoms with Gasteiger partial charge in [-0.3, -0.25) is 9.59 Å². The van der Waals surface area contributed by atoms with Crippen LogP contribution in [0.3, 0.4) is 0 Å². The maximum absolute atomic E-state index is 13.2. The van der Waals surface area contributed by atoms with Crippen molar-refractivity contribution in [3.8, 4) is 0 Å². The molecule has 2 unspecified atom stereocenters. The maximum Gasteiger partial charge on any atom is 0.290 e. The van der Waals surface area contributed by atoms with Gasteiger partial charge < -0.3 is 10.0 Å². The highest BCUT2D eigenvalue weighted by Gasteiger charge is 2.49. The van der Waals surface area contributed by atoms with Crippen LogP contribution in [0.15, 0.2) is 53.1 Å². The zero-order valence-electron chi connectivity index (χ0n) is 16.7.